The molecule has 3 atom stereocenters. The summed E-state index contributed by atoms with van der Waals surface area (Å²) in [5.41, 5.74) is 4.01. The molecule has 6 heteroatoms. The first kappa shape index (κ1) is 19.9. The highest BCUT2D eigenvalue weighted by molar-refractivity contribution is 5.99. The van der Waals surface area contributed by atoms with E-state index in [4.69, 9.17) is 9.47 Å². The monoisotopic (exact) mass is 448 g/mol. The van der Waals surface area contributed by atoms with Gasteiger partial charge in [-0.3, -0.25) is 0 Å². The molecule has 34 heavy (non-hydrogen) atoms. The standard InChI is InChI=1S/C28H24N4O2/c1-2-4-20-12-23-13-22(8-7-21(23)11-19(20)3-1)25-16-32(31-30-25)24-9-5-18(6-10-24)17-33-26-14-29-15-27-28(26)34-27/h1-13,16,26-29H,14-15,17H2/t26-,27-,28-/m1/s1. The van der Waals surface area contributed by atoms with Gasteiger partial charge in [0, 0.05) is 18.7 Å². The summed E-state index contributed by atoms with van der Waals surface area (Å²) in [6.45, 7) is 2.37. The molecule has 2 fully saturated rings. The Morgan fingerprint density at radius 2 is 1.68 bits per heavy atom. The van der Waals surface area contributed by atoms with E-state index in [9.17, 15) is 0 Å². The normalized spacial score (nSPS) is 21.6. The number of rotatable bonds is 5. The van der Waals surface area contributed by atoms with Crippen LogP contribution in [0.4, 0.5) is 0 Å². The first-order chi connectivity index (χ1) is 16.8. The van der Waals surface area contributed by atoms with Crippen molar-refractivity contribution < 1.29 is 9.47 Å². The zero-order valence-electron chi connectivity index (χ0n) is 18.6. The molecule has 4 aromatic carbocycles. The van der Waals surface area contributed by atoms with Gasteiger partial charge in [-0.15, -0.1) is 5.10 Å². The van der Waals surface area contributed by atoms with Crippen molar-refractivity contribution >= 4 is 21.5 Å². The summed E-state index contributed by atoms with van der Waals surface area (Å²) in [6, 6.07) is 27.6. The topological polar surface area (TPSA) is 64.5 Å². The molecule has 0 saturated carbocycles. The van der Waals surface area contributed by atoms with Crippen molar-refractivity contribution in [1.29, 1.82) is 0 Å². The third-order valence-corrected chi connectivity index (χ3v) is 6.84. The fraction of sp³-hybridized carbons (Fsp3) is 0.214. The molecule has 7 rings (SSSR count). The van der Waals surface area contributed by atoms with Crippen LogP contribution in [0, 0.1) is 0 Å². The fourth-order valence-electron chi connectivity index (χ4n) is 4.86. The maximum Gasteiger partial charge on any atom is 0.113 e. The number of hydrogen-bond donors (Lipinski definition) is 1. The molecule has 2 saturated heterocycles. The Hall–Kier alpha value is -3.58. The summed E-state index contributed by atoms with van der Waals surface area (Å²) < 4.78 is 13.5. The molecule has 168 valence electrons. The zero-order chi connectivity index (χ0) is 22.5. The van der Waals surface area contributed by atoms with E-state index >= 15 is 0 Å². The summed E-state index contributed by atoms with van der Waals surface area (Å²) in [5.74, 6) is 0. The van der Waals surface area contributed by atoms with E-state index < -0.39 is 0 Å². The van der Waals surface area contributed by atoms with Crippen LogP contribution in [0.15, 0.2) is 85.1 Å². The van der Waals surface area contributed by atoms with Gasteiger partial charge in [0.1, 0.15) is 11.8 Å². The molecule has 6 nitrogen and oxygen atoms in total. The van der Waals surface area contributed by atoms with Crippen LogP contribution in [0.2, 0.25) is 0 Å². The molecule has 3 heterocycles. The quantitative estimate of drug-likeness (QED) is 0.317. The lowest BCUT2D eigenvalue weighted by atomic mass is 10.0. The van der Waals surface area contributed by atoms with Gasteiger partial charge >= 0.3 is 0 Å². The van der Waals surface area contributed by atoms with Crippen LogP contribution in [-0.2, 0) is 16.1 Å². The minimum atomic E-state index is 0.135. The molecule has 1 aromatic heterocycles. The van der Waals surface area contributed by atoms with Crippen molar-refractivity contribution in [2.75, 3.05) is 13.1 Å². The van der Waals surface area contributed by atoms with E-state index in [-0.39, 0.29) is 12.2 Å². The average Bonchev–Trinajstić information content (AvgIpc) is 3.53. The average molecular weight is 449 g/mol. The first-order valence-electron chi connectivity index (χ1n) is 11.7. The van der Waals surface area contributed by atoms with Gasteiger partial charge in [-0.05, 0) is 57.4 Å². The fourth-order valence-corrected chi connectivity index (χ4v) is 4.86. The maximum absolute atomic E-state index is 6.07. The van der Waals surface area contributed by atoms with Crippen LogP contribution in [0.3, 0.4) is 0 Å². The Balaban J connectivity index is 1.09. The zero-order valence-corrected chi connectivity index (χ0v) is 18.6. The molecule has 0 bridgehead atoms. The van der Waals surface area contributed by atoms with Crippen LogP contribution in [0.1, 0.15) is 5.56 Å². The molecular weight excluding hydrogens is 424 g/mol. The maximum atomic E-state index is 6.07. The van der Waals surface area contributed by atoms with Crippen LogP contribution >= 0.6 is 0 Å². The molecule has 0 radical (unpaired) electrons. The predicted octanol–water partition coefficient (Wildman–Crippen LogP) is 4.50. The van der Waals surface area contributed by atoms with E-state index in [0.717, 1.165) is 35.6 Å². The lowest BCUT2D eigenvalue weighted by Gasteiger charge is -2.20. The second-order valence-corrected chi connectivity index (χ2v) is 9.12. The lowest BCUT2D eigenvalue weighted by molar-refractivity contribution is 0.0211. The number of ether oxygens (including phenoxy) is 2. The number of benzene rings is 4. The summed E-state index contributed by atoms with van der Waals surface area (Å²) in [4.78, 5) is 0. The van der Waals surface area contributed by atoms with Crippen LogP contribution < -0.4 is 5.32 Å². The van der Waals surface area contributed by atoms with Crippen molar-refractivity contribution in [1.82, 2.24) is 20.3 Å². The third kappa shape index (κ3) is 3.66. The summed E-state index contributed by atoms with van der Waals surface area (Å²) in [6.07, 6.45) is 2.72. The lowest BCUT2D eigenvalue weighted by Crippen LogP contribution is -2.41. The highest BCUT2D eigenvalue weighted by Gasteiger charge is 2.48. The number of hydrogen-bond acceptors (Lipinski definition) is 5. The van der Waals surface area contributed by atoms with Gasteiger partial charge in [-0.1, -0.05) is 53.7 Å². The van der Waals surface area contributed by atoms with Gasteiger partial charge < -0.3 is 14.8 Å². The number of piperidine rings is 1. The Bertz CT molecular complexity index is 1490. The van der Waals surface area contributed by atoms with Crippen molar-refractivity contribution in [2.45, 2.75) is 24.9 Å². The second kappa shape index (κ2) is 8.02. The molecule has 1 N–H and O–H groups in total. The number of fused-ring (bicyclic) bond motifs is 3. The summed E-state index contributed by atoms with van der Waals surface area (Å²) in [5, 5.41) is 17.1. The van der Waals surface area contributed by atoms with Gasteiger partial charge in [0.05, 0.1) is 30.7 Å². The Morgan fingerprint density at radius 3 is 2.53 bits per heavy atom. The van der Waals surface area contributed by atoms with E-state index in [1.54, 1.807) is 0 Å². The summed E-state index contributed by atoms with van der Waals surface area (Å²) in [7, 11) is 0. The van der Waals surface area contributed by atoms with Gasteiger partial charge in [0.25, 0.3) is 0 Å². The molecule has 0 spiro atoms. The highest BCUT2D eigenvalue weighted by Crippen LogP contribution is 2.30. The molecule has 2 aliphatic heterocycles. The number of epoxide rings is 1. The van der Waals surface area contributed by atoms with Gasteiger partial charge in [-0.2, -0.15) is 0 Å². The van der Waals surface area contributed by atoms with Crippen molar-refractivity contribution in [3.05, 3.63) is 90.6 Å². The molecule has 0 aliphatic carbocycles. The van der Waals surface area contributed by atoms with Crippen LogP contribution in [0.25, 0.3) is 38.5 Å². The van der Waals surface area contributed by atoms with Gasteiger partial charge in [0.15, 0.2) is 0 Å². The SMILES string of the molecule is c1ccc2cc3cc(-c4cn(-c5ccc(CO[C@@H]6CNC[C@H]7O[C@H]67)cc5)nn4)ccc3cc2c1. The van der Waals surface area contributed by atoms with E-state index in [1.807, 2.05) is 10.9 Å². The Kier molecular flexibility index (Phi) is 4.68. The number of aromatic nitrogens is 3. The largest absolute Gasteiger partial charge is 0.369 e. The van der Waals surface area contributed by atoms with E-state index in [0.29, 0.717) is 12.7 Å². The van der Waals surface area contributed by atoms with Crippen molar-refractivity contribution in [2.24, 2.45) is 0 Å². The molecule has 0 amide bonds. The smallest absolute Gasteiger partial charge is 0.113 e. The first-order valence-corrected chi connectivity index (χ1v) is 11.7. The number of nitrogens with zero attached hydrogens (tertiary/aromatic N) is 3. The third-order valence-electron chi connectivity index (χ3n) is 6.84. The number of nitrogens with one attached hydrogen (secondary N) is 1. The van der Waals surface area contributed by atoms with Crippen LogP contribution in [0.5, 0.6) is 0 Å². The van der Waals surface area contributed by atoms with Gasteiger partial charge in [0.2, 0.25) is 0 Å². The Morgan fingerprint density at radius 1 is 0.882 bits per heavy atom. The molecule has 2 aliphatic rings. The summed E-state index contributed by atoms with van der Waals surface area (Å²) >= 11 is 0. The van der Waals surface area contributed by atoms with E-state index in [1.165, 1.54) is 21.5 Å². The van der Waals surface area contributed by atoms with Gasteiger partial charge in [-0.25, -0.2) is 4.68 Å². The minimum absolute atomic E-state index is 0.135. The molecular formula is C28H24N4O2. The second-order valence-electron chi connectivity index (χ2n) is 9.12. The van der Waals surface area contributed by atoms with Crippen molar-refractivity contribution in [3.63, 3.8) is 0 Å². The Labute approximate surface area is 197 Å². The molecule has 0 unspecified atom stereocenters. The predicted molar refractivity (Wildman–Crippen MR) is 132 cm³/mol. The van der Waals surface area contributed by atoms with Crippen LogP contribution in [-0.4, -0.2) is 46.4 Å². The highest BCUT2D eigenvalue weighted by atomic mass is 16.6. The van der Waals surface area contributed by atoms with E-state index in [2.05, 4.69) is 94.5 Å². The minimum Gasteiger partial charge on any atom is -0.369 e. The molecule has 5 aromatic rings. The van der Waals surface area contributed by atoms with Crippen molar-refractivity contribution in [3.8, 4) is 16.9 Å².